The Morgan fingerprint density at radius 2 is 2.15 bits per heavy atom. The van der Waals surface area contributed by atoms with Gasteiger partial charge in [-0.15, -0.1) is 0 Å². The van der Waals surface area contributed by atoms with Crippen LogP contribution in [0.1, 0.15) is 44.2 Å². The van der Waals surface area contributed by atoms with Crippen LogP contribution >= 0.6 is 0 Å². The van der Waals surface area contributed by atoms with E-state index < -0.39 is 0 Å². The van der Waals surface area contributed by atoms with E-state index in [2.05, 4.69) is 29.9 Å². The van der Waals surface area contributed by atoms with Crippen molar-refractivity contribution in [2.75, 3.05) is 20.7 Å². The normalized spacial score (nSPS) is 24.6. The molecule has 0 saturated heterocycles. The summed E-state index contributed by atoms with van der Waals surface area (Å²) in [6.07, 6.45) is 7.19. The van der Waals surface area contributed by atoms with E-state index in [4.69, 9.17) is 10.5 Å². The summed E-state index contributed by atoms with van der Waals surface area (Å²) in [5.74, 6) is 1.40. The van der Waals surface area contributed by atoms with Gasteiger partial charge < -0.3 is 10.5 Å². The number of ether oxygens (including phenoxy) is 1. The number of aromatic nitrogens is 1. The first-order valence-corrected chi connectivity index (χ1v) is 7.59. The van der Waals surface area contributed by atoms with E-state index in [9.17, 15) is 0 Å². The molecule has 0 bridgehead atoms. The third kappa shape index (κ3) is 3.30. The summed E-state index contributed by atoms with van der Waals surface area (Å²) in [4.78, 5) is 6.76. The molecule has 0 radical (unpaired) electrons. The van der Waals surface area contributed by atoms with Crippen molar-refractivity contribution in [2.45, 2.75) is 44.7 Å². The summed E-state index contributed by atoms with van der Waals surface area (Å²) in [5.41, 5.74) is 7.20. The van der Waals surface area contributed by atoms with Gasteiger partial charge in [-0.1, -0.05) is 25.8 Å². The minimum atomic E-state index is 0.235. The van der Waals surface area contributed by atoms with Gasteiger partial charge in [0.2, 0.25) is 5.88 Å². The second-order valence-electron chi connectivity index (χ2n) is 5.88. The highest BCUT2D eigenvalue weighted by Crippen LogP contribution is 2.32. The van der Waals surface area contributed by atoms with Crippen LogP contribution in [0, 0.1) is 5.92 Å². The number of methoxy groups -OCH3 is 1. The van der Waals surface area contributed by atoms with Gasteiger partial charge in [0.15, 0.2) is 0 Å². The van der Waals surface area contributed by atoms with Gasteiger partial charge in [0.25, 0.3) is 0 Å². The summed E-state index contributed by atoms with van der Waals surface area (Å²) in [6.45, 7) is 2.98. The Morgan fingerprint density at radius 3 is 2.70 bits per heavy atom. The molecule has 1 aromatic heterocycles. The monoisotopic (exact) mass is 277 g/mol. The van der Waals surface area contributed by atoms with Crippen molar-refractivity contribution in [3.05, 3.63) is 23.9 Å². The van der Waals surface area contributed by atoms with Crippen molar-refractivity contribution in [1.82, 2.24) is 9.88 Å². The quantitative estimate of drug-likeness (QED) is 0.899. The SMILES string of the molecule is COc1ccc(C(CN)N(C)C2CCCCC2C)cn1. The van der Waals surface area contributed by atoms with Crippen LogP contribution in [0.2, 0.25) is 0 Å². The lowest BCUT2D eigenvalue weighted by Crippen LogP contribution is -2.43. The molecule has 3 unspecified atom stereocenters. The van der Waals surface area contributed by atoms with Gasteiger partial charge in [-0.3, -0.25) is 4.90 Å². The highest BCUT2D eigenvalue weighted by atomic mass is 16.5. The second-order valence-corrected chi connectivity index (χ2v) is 5.88. The van der Waals surface area contributed by atoms with Crippen LogP contribution in [0.15, 0.2) is 18.3 Å². The highest BCUT2D eigenvalue weighted by Gasteiger charge is 2.29. The summed E-state index contributed by atoms with van der Waals surface area (Å²) in [7, 11) is 3.84. The van der Waals surface area contributed by atoms with Crippen LogP contribution in [0.3, 0.4) is 0 Å². The van der Waals surface area contributed by atoms with Gasteiger partial charge in [0, 0.05) is 30.9 Å². The van der Waals surface area contributed by atoms with E-state index in [1.165, 1.54) is 31.2 Å². The van der Waals surface area contributed by atoms with Gasteiger partial charge in [-0.2, -0.15) is 0 Å². The average Bonchev–Trinajstić information content (AvgIpc) is 2.49. The summed E-state index contributed by atoms with van der Waals surface area (Å²) >= 11 is 0. The third-order valence-corrected chi connectivity index (χ3v) is 4.66. The lowest BCUT2D eigenvalue weighted by Gasteiger charge is -2.40. The first kappa shape index (κ1) is 15.3. The summed E-state index contributed by atoms with van der Waals surface area (Å²) < 4.78 is 5.12. The molecular formula is C16H27N3O. The average molecular weight is 277 g/mol. The van der Waals surface area contributed by atoms with Crippen LogP contribution in [0.25, 0.3) is 0 Å². The molecule has 112 valence electrons. The predicted octanol–water partition coefficient (Wildman–Crippen LogP) is 2.60. The van der Waals surface area contributed by atoms with Gasteiger partial charge in [0.05, 0.1) is 7.11 Å². The molecule has 0 spiro atoms. The van der Waals surface area contributed by atoms with Crippen molar-refractivity contribution in [3.8, 4) is 5.88 Å². The predicted molar refractivity (Wildman–Crippen MR) is 81.8 cm³/mol. The van der Waals surface area contributed by atoms with Crippen LogP contribution in [0.4, 0.5) is 0 Å². The molecule has 1 aliphatic carbocycles. The topological polar surface area (TPSA) is 51.4 Å². The maximum absolute atomic E-state index is 6.03. The molecule has 4 nitrogen and oxygen atoms in total. The summed E-state index contributed by atoms with van der Waals surface area (Å²) in [5, 5.41) is 0. The third-order valence-electron chi connectivity index (χ3n) is 4.66. The zero-order valence-electron chi connectivity index (χ0n) is 12.9. The molecule has 1 fully saturated rings. The van der Waals surface area contributed by atoms with Gasteiger partial charge in [-0.05, 0) is 31.4 Å². The van der Waals surface area contributed by atoms with Crippen LogP contribution < -0.4 is 10.5 Å². The minimum absolute atomic E-state index is 0.235. The van der Waals surface area contributed by atoms with Crippen LogP contribution in [-0.4, -0.2) is 36.6 Å². The van der Waals surface area contributed by atoms with Crippen molar-refractivity contribution < 1.29 is 4.74 Å². The van der Waals surface area contributed by atoms with E-state index in [-0.39, 0.29) is 6.04 Å². The molecule has 0 aliphatic heterocycles. The lowest BCUT2D eigenvalue weighted by molar-refractivity contribution is 0.0990. The number of hydrogen-bond acceptors (Lipinski definition) is 4. The molecule has 1 aliphatic rings. The Bertz CT molecular complexity index is 407. The Labute approximate surface area is 122 Å². The number of likely N-dealkylation sites (N-methyl/N-ethyl adjacent to an activating group) is 1. The van der Waals surface area contributed by atoms with Crippen LogP contribution in [-0.2, 0) is 0 Å². The maximum atomic E-state index is 6.03. The molecule has 1 aromatic rings. The fourth-order valence-corrected chi connectivity index (χ4v) is 3.38. The van der Waals surface area contributed by atoms with Gasteiger partial charge in [0.1, 0.15) is 0 Å². The van der Waals surface area contributed by atoms with Gasteiger partial charge >= 0.3 is 0 Å². The van der Waals surface area contributed by atoms with Crippen molar-refractivity contribution in [1.29, 1.82) is 0 Å². The Morgan fingerprint density at radius 1 is 1.40 bits per heavy atom. The fourth-order valence-electron chi connectivity index (χ4n) is 3.38. The number of nitrogens with two attached hydrogens (primary N) is 1. The highest BCUT2D eigenvalue weighted by molar-refractivity contribution is 5.21. The molecule has 1 saturated carbocycles. The fraction of sp³-hybridized carbons (Fsp3) is 0.688. The zero-order valence-corrected chi connectivity index (χ0v) is 12.9. The number of nitrogens with zero attached hydrogens (tertiary/aromatic N) is 2. The lowest BCUT2D eigenvalue weighted by atomic mass is 9.84. The molecule has 2 rings (SSSR count). The number of pyridine rings is 1. The molecule has 0 amide bonds. The molecule has 1 heterocycles. The summed E-state index contributed by atoms with van der Waals surface area (Å²) in [6, 6.07) is 4.85. The zero-order chi connectivity index (χ0) is 14.5. The number of hydrogen-bond donors (Lipinski definition) is 1. The smallest absolute Gasteiger partial charge is 0.212 e. The second kappa shape index (κ2) is 7.04. The van der Waals surface area contributed by atoms with E-state index in [1.54, 1.807) is 7.11 Å². The van der Waals surface area contributed by atoms with E-state index in [1.807, 2.05) is 12.3 Å². The minimum Gasteiger partial charge on any atom is -0.481 e. The van der Waals surface area contributed by atoms with Gasteiger partial charge in [-0.25, -0.2) is 4.98 Å². The molecule has 0 aromatic carbocycles. The first-order valence-electron chi connectivity index (χ1n) is 7.59. The molecule has 20 heavy (non-hydrogen) atoms. The van der Waals surface area contributed by atoms with E-state index in [0.717, 1.165) is 5.92 Å². The Kier molecular flexibility index (Phi) is 5.38. The molecule has 4 heteroatoms. The van der Waals surface area contributed by atoms with Crippen molar-refractivity contribution in [2.24, 2.45) is 11.7 Å². The largest absolute Gasteiger partial charge is 0.481 e. The Balaban J connectivity index is 2.13. The standard InChI is InChI=1S/C16H27N3O/c1-12-6-4-5-7-14(12)19(2)15(10-17)13-8-9-16(20-3)18-11-13/h8-9,11-12,14-15H,4-7,10,17H2,1-3H3. The molecule has 2 N–H and O–H groups in total. The van der Waals surface area contributed by atoms with Crippen LogP contribution in [0.5, 0.6) is 5.88 Å². The molecule has 3 atom stereocenters. The van der Waals surface area contributed by atoms with Crippen molar-refractivity contribution in [3.63, 3.8) is 0 Å². The van der Waals surface area contributed by atoms with Crippen molar-refractivity contribution >= 4 is 0 Å². The maximum Gasteiger partial charge on any atom is 0.212 e. The van der Waals surface area contributed by atoms with E-state index >= 15 is 0 Å². The number of rotatable bonds is 5. The first-order chi connectivity index (χ1) is 9.67. The Hall–Kier alpha value is -1.13. The molecular weight excluding hydrogens is 250 g/mol. The van der Waals surface area contributed by atoms with E-state index in [0.29, 0.717) is 18.5 Å².